The van der Waals surface area contributed by atoms with Crippen LogP contribution in [0.4, 0.5) is 0 Å². The minimum absolute atomic E-state index is 0.582. The molecule has 0 saturated carbocycles. The molecular formula is C17H12ClNO. The molecule has 0 aliphatic carbocycles. The summed E-state index contributed by atoms with van der Waals surface area (Å²) < 4.78 is 5.69. The zero-order valence-corrected chi connectivity index (χ0v) is 11.4. The summed E-state index contributed by atoms with van der Waals surface area (Å²) in [4.78, 5) is 4.25. The van der Waals surface area contributed by atoms with Crippen LogP contribution >= 0.6 is 11.6 Å². The van der Waals surface area contributed by atoms with Gasteiger partial charge in [-0.15, -0.1) is 0 Å². The SMILES string of the molecule is Clc1ccc(/C=C/c2ncc(-c3ccccc3)o2)cc1. The number of hydrogen-bond acceptors (Lipinski definition) is 2. The van der Waals surface area contributed by atoms with Gasteiger partial charge in [0.05, 0.1) is 6.20 Å². The van der Waals surface area contributed by atoms with E-state index in [0.29, 0.717) is 5.89 Å². The second kappa shape index (κ2) is 5.76. The molecule has 1 heterocycles. The molecule has 2 nitrogen and oxygen atoms in total. The van der Waals surface area contributed by atoms with Crippen LogP contribution in [-0.2, 0) is 0 Å². The van der Waals surface area contributed by atoms with Crippen molar-refractivity contribution in [3.8, 4) is 11.3 Å². The zero-order chi connectivity index (χ0) is 13.8. The van der Waals surface area contributed by atoms with Gasteiger partial charge < -0.3 is 4.42 Å². The molecule has 20 heavy (non-hydrogen) atoms. The highest BCUT2D eigenvalue weighted by atomic mass is 35.5. The van der Waals surface area contributed by atoms with E-state index in [0.717, 1.165) is 21.9 Å². The van der Waals surface area contributed by atoms with Crippen molar-refractivity contribution >= 4 is 23.8 Å². The molecule has 0 fully saturated rings. The van der Waals surface area contributed by atoms with E-state index < -0.39 is 0 Å². The van der Waals surface area contributed by atoms with E-state index in [2.05, 4.69) is 4.98 Å². The van der Waals surface area contributed by atoms with Crippen molar-refractivity contribution < 1.29 is 4.42 Å². The number of benzene rings is 2. The Bertz CT molecular complexity index is 714. The van der Waals surface area contributed by atoms with Gasteiger partial charge in [-0.05, 0) is 23.8 Å². The van der Waals surface area contributed by atoms with Crippen molar-refractivity contribution in [1.82, 2.24) is 4.98 Å². The van der Waals surface area contributed by atoms with E-state index in [1.165, 1.54) is 0 Å². The molecule has 3 aromatic rings. The predicted octanol–water partition coefficient (Wildman–Crippen LogP) is 5.17. The highest BCUT2D eigenvalue weighted by Crippen LogP contribution is 2.20. The number of nitrogens with zero attached hydrogens (tertiary/aromatic N) is 1. The molecule has 0 spiro atoms. The molecule has 0 unspecified atom stereocenters. The Labute approximate surface area is 122 Å². The van der Waals surface area contributed by atoms with Gasteiger partial charge in [-0.1, -0.05) is 54.1 Å². The van der Waals surface area contributed by atoms with E-state index >= 15 is 0 Å². The van der Waals surface area contributed by atoms with Crippen molar-refractivity contribution in [2.75, 3.05) is 0 Å². The minimum atomic E-state index is 0.582. The maximum absolute atomic E-state index is 5.85. The lowest BCUT2D eigenvalue weighted by Crippen LogP contribution is -1.72. The normalized spacial score (nSPS) is 11.1. The summed E-state index contributed by atoms with van der Waals surface area (Å²) in [5, 5.41) is 0.727. The van der Waals surface area contributed by atoms with Crippen LogP contribution in [0.2, 0.25) is 5.02 Å². The average Bonchev–Trinajstić information content (AvgIpc) is 2.97. The first-order valence-corrected chi connectivity index (χ1v) is 6.64. The summed E-state index contributed by atoms with van der Waals surface area (Å²) in [5.74, 6) is 1.35. The van der Waals surface area contributed by atoms with Crippen LogP contribution in [0.1, 0.15) is 11.5 Å². The first-order valence-electron chi connectivity index (χ1n) is 6.26. The lowest BCUT2D eigenvalue weighted by Gasteiger charge is -1.94. The van der Waals surface area contributed by atoms with Crippen LogP contribution in [0.5, 0.6) is 0 Å². The van der Waals surface area contributed by atoms with E-state index in [9.17, 15) is 0 Å². The topological polar surface area (TPSA) is 26.0 Å². The molecule has 1 aromatic heterocycles. The van der Waals surface area contributed by atoms with Gasteiger partial charge in [-0.25, -0.2) is 4.98 Å². The fraction of sp³-hybridized carbons (Fsp3) is 0. The summed E-state index contributed by atoms with van der Waals surface area (Å²) in [7, 11) is 0. The Balaban J connectivity index is 1.79. The van der Waals surface area contributed by atoms with Crippen molar-refractivity contribution in [3.63, 3.8) is 0 Å². The quantitative estimate of drug-likeness (QED) is 0.662. The predicted molar refractivity (Wildman–Crippen MR) is 82.3 cm³/mol. The molecule has 3 heteroatoms. The third-order valence-electron chi connectivity index (χ3n) is 2.87. The first kappa shape index (κ1) is 12.7. The van der Waals surface area contributed by atoms with Gasteiger partial charge in [0, 0.05) is 16.7 Å². The fourth-order valence-corrected chi connectivity index (χ4v) is 1.97. The smallest absolute Gasteiger partial charge is 0.219 e. The Morgan fingerprint density at radius 3 is 2.40 bits per heavy atom. The number of halogens is 1. The molecule has 0 radical (unpaired) electrons. The third-order valence-corrected chi connectivity index (χ3v) is 3.12. The summed E-state index contributed by atoms with van der Waals surface area (Å²) in [5.41, 5.74) is 2.07. The number of oxazole rings is 1. The summed E-state index contributed by atoms with van der Waals surface area (Å²) in [6, 6.07) is 17.5. The van der Waals surface area contributed by atoms with Gasteiger partial charge in [-0.3, -0.25) is 0 Å². The second-order valence-electron chi connectivity index (χ2n) is 4.31. The molecule has 0 aliphatic heterocycles. The summed E-state index contributed by atoms with van der Waals surface area (Å²) in [6.45, 7) is 0. The van der Waals surface area contributed by atoms with Crippen molar-refractivity contribution in [3.05, 3.63) is 77.3 Å². The van der Waals surface area contributed by atoms with Gasteiger partial charge >= 0.3 is 0 Å². The highest BCUT2D eigenvalue weighted by Gasteiger charge is 2.03. The minimum Gasteiger partial charge on any atom is -0.437 e. The molecule has 2 aromatic carbocycles. The van der Waals surface area contributed by atoms with Gasteiger partial charge in [0.1, 0.15) is 0 Å². The van der Waals surface area contributed by atoms with Crippen molar-refractivity contribution in [2.24, 2.45) is 0 Å². The lowest BCUT2D eigenvalue weighted by molar-refractivity contribution is 0.560. The first-order chi connectivity index (χ1) is 9.81. The number of aromatic nitrogens is 1. The van der Waals surface area contributed by atoms with Gasteiger partial charge in [0.15, 0.2) is 5.76 Å². The van der Waals surface area contributed by atoms with Crippen LogP contribution in [0.3, 0.4) is 0 Å². The van der Waals surface area contributed by atoms with Crippen LogP contribution in [0, 0.1) is 0 Å². The van der Waals surface area contributed by atoms with Gasteiger partial charge in [0.2, 0.25) is 5.89 Å². The molecule has 0 amide bonds. The molecule has 0 saturated heterocycles. The van der Waals surface area contributed by atoms with E-state index in [4.69, 9.17) is 16.0 Å². The molecule has 0 bridgehead atoms. The Morgan fingerprint density at radius 1 is 0.900 bits per heavy atom. The highest BCUT2D eigenvalue weighted by molar-refractivity contribution is 6.30. The number of rotatable bonds is 3. The van der Waals surface area contributed by atoms with E-state index in [1.807, 2.05) is 66.7 Å². The van der Waals surface area contributed by atoms with Crippen molar-refractivity contribution in [1.29, 1.82) is 0 Å². The third kappa shape index (κ3) is 2.98. The molecule has 0 N–H and O–H groups in total. The average molecular weight is 282 g/mol. The largest absolute Gasteiger partial charge is 0.437 e. The lowest BCUT2D eigenvalue weighted by atomic mass is 10.2. The van der Waals surface area contributed by atoms with Gasteiger partial charge in [0.25, 0.3) is 0 Å². The van der Waals surface area contributed by atoms with Crippen LogP contribution in [0.15, 0.2) is 65.2 Å². The molecule has 0 aliphatic rings. The second-order valence-corrected chi connectivity index (χ2v) is 4.75. The van der Waals surface area contributed by atoms with E-state index in [-0.39, 0.29) is 0 Å². The maximum atomic E-state index is 5.85. The van der Waals surface area contributed by atoms with Gasteiger partial charge in [-0.2, -0.15) is 0 Å². The number of hydrogen-bond donors (Lipinski definition) is 0. The standard InChI is InChI=1S/C17H12ClNO/c18-15-9-6-13(7-10-15)8-11-17-19-12-16(20-17)14-4-2-1-3-5-14/h1-12H/b11-8+. The van der Waals surface area contributed by atoms with Crippen LogP contribution < -0.4 is 0 Å². The Kier molecular flexibility index (Phi) is 3.66. The Morgan fingerprint density at radius 2 is 1.65 bits per heavy atom. The van der Waals surface area contributed by atoms with Crippen LogP contribution in [-0.4, -0.2) is 4.98 Å². The monoisotopic (exact) mass is 281 g/mol. The zero-order valence-electron chi connectivity index (χ0n) is 10.7. The molecule has 3 rings (SSSR count). The summed E-state index contributed by atoms with van der Waals surface area (Å²) >= 11 is 5.85. The maximum Gasteiger partial charge on any atom is 0.219 e. The van der Waals surface area contributed by atoms with Crippen molar-refractivity contribution in [2.45, 2.75) is 0 Å². The molecule has 98 valence electrons. The Hall–Kier alpha value is -2.32. The molecular weight excluding hydrogens is 270 g/mol. The van der Waals surface area contributed by atoms with E-state index in [1.54, 1.807) is 6.20 Å². The fourth-order valence-electron chi connectivity index (χ4n) is 1.84. The molecule has 0 atom stereocenters. The van der Waals surface area contributed by atoms with Crippen LogP contribution in [0.25, 0.3) is 23.5 Å². The summed E-state index contributed by atoms with van der Waals surface area (Å²) in [6.07, 6.45) is 5.52.